The minimum atomic E-state index is -2.95. The fraction of sp³-hybridized carbons (Fsp3) is 0.133. The maximum Gasteiger partial charge on any atom is 0.387 e. The van der Waals surface area contributed by atoms with E-state index in [1.54, 1.807) is 0 Å². The van der Waals surface area contributed by atoms with Crippen LogP contribution in [-0.4, -0.2) is 12.9 Å². The van der Waals surface area contributed by atoms with Gasteiger partial charge < -0.3 is 9.47 Å². The van der Waals surface area contributed by atoms with Crippen LogP contribution in [0.1, 0.15) is 15.9 Å². The van der Waals surface area contributed by atoms with Crippen molar-refractivity contribution in [2.24, 2.45) is 0 Å². The van der Waals surface area contributed by atoms with Gasteiger partial charge >= 0.3 is 6.61 Å². The highest BCUT2D eigenvalue weighted by Gasteiger charge is 2.11. The molecular formula is C15H12F2O3. The quantitative estimate of drug-likeness (QED) is 0.756. The normalized spacial score (nSPS) is 10.3. The fourth-order valence-electron chi connectivity index (χ4n) is 1.64. The van der Waals surface area contributed by atoms with E-state index >= 15 is 0 Å². The molecule has 5 heteroatoms. The summed E-state index contributed by atoms with van der Waals surface area (Å²) >= 11 is 0. The van der Waals surface area contributed by atoms with Crippen LogP contribution in [0.3, 0.4) is 0 Å². The van der Waals surface area contributed by atoms with Crippen molar-refractivity contribution in [1.82, 2.24) is 0 Å². The van der Waals surface area contributed by atoms with Crippen LogP contribution >= 0.6 is 0 Å². The molecule has 0 aliphatic rings. The first-order valence-electron chi connectivity index (χ1n) is 5.90. The number of halogens is 2. The monoisotopic (exact) mass is 278 g/mol. The van der Waals surface area contributed by atoms with Gasteiger partial charge in [-0.2, -0.15) is 8.78 Å². The molecule has 0 aliphatic heterocycles. The Kier molecular flexibility index (Phi) is 4.65. The Balaban J connectivity index is 2.17. The van der Waals surface area contributed by atoms with E-state index in [0.29, 0.717) is 11.8 Å². The second-order valence-electron chi connectivity index (χ2n) is 3.98. The average Bonchev–Trinajstić information content (AvgIpc) is 2.47. The van der Waals surface area contributed by atoms with Crippen molar-refractivity contribution < 1.29 is 23.0 Å². The molecule has 2 aromatic rings. The Morgan fingerprint density at radius 2 is 1.80 bits per heavy atom. The molecular weight excluding hydrogens is 266 g/mol. The van der Waals surface area contributed by atoms with Gasteiger partial charge in [0.25, 0.3) is 0 Å². The Labute approximate surface area is 114 Å². The molecule has 0 radical (unpaired) electrons. The zero-order valence-corrected chi connectivity index (χ0v) is 10.5. The molecule has 104 valence electrons. The van der Waals surface area contributed by atoms with Crippen LogP contribution in [0.15, 0.2) is 48.5 Å². The molecule has 0 atom stereocenters. The zero-order chi connectivity index (χ0) is 14.4. The molecule has 0 heterocycles. The van der Waals surface area contributed by atoms with Crippen molar-refractivity contribution >= 4 is 6.29 Å². The molecule has 0 N–H and O–H groups in total. The maximum absolute atomic E-state index is 12.3. The summed E-state index contributed by atoms with van der Waals surface area (Å²) in [6.45, 7) is -2.75. The number of hydrogen-bond donors (Lipinski definition) is 0. The Bertz CT molecular complexity index is 571. The van der Waals surface area contributed by atoms with Gasteiger partial charge in [-0.15, -0.1) is 0 Å². The lowest BCUT2D eigenvalue weighted by Crippen LogP contribution is -2.05. The number of aldehydes is 1. The summed E-state index contributed by atoms with van der Waals surface area (Å²) in [6.07, 6.45) is 0.613. The van der Waals surface area contributed by atoms with E-state index in [9.17, 15) is 13.6 Å². The predicted octanol–water partition coefficient (Wildman–Crippen LogP) is 3.68. The van der Waals surface area contributed by atoms with Gasteiger partial charge in [0.15, 0.2) is 11.5 Å². The van der Waals surface area contributed by atoms with Gasteiger partial charge in [-0.25, -0.2) is 0 Å². The number of hydrogen-bond acceptors (Lipinski definition) is 3. The third-order valence-corrected chi connectivity index (χ3v) is 2.56. The third kappa shape index (κ3) is 3.78. The van der Waals surface area contributed by atoms with Crippen molar-refractivity contribution in [3.8, 4) is 11.5 Å². The summed E-state index contributed by atoms with van der Waals surface area (Å²) in [5.41, 5.74) is 1.21. The van der Waals surface area contributed by atoms with E-state index in [1.807, 2.05) is 30.3 Å². The standard InChI is InChI=1S/C15H12F2O3/c16-15(17)20-13-7-6-12(9-18)8-14(13)19-10-11-4-2-1-3-5-11/h1-9,15H,10H2. The lowest BCUT2D eigenvalue weighted by Gasteiger charge is -2.12. The second-order valence-corrected chi connectivity index (χ2v) is 3.98. The van der Waals surface area contributed by atoms with E-state index in [0.717, 1.165) is 5.56 Å². The molecule has 0 fully saturated rings. The maximum atomic E-state index is 12.3. The molecule has 2 rings (SSSR count). The van der Waals surface area contributed by atoms with Crippen molar-refractivity contribution in [2.75, 3.05) is 0 Å². The van der Waals surface area contributed by atoms with Crippen molar-refractivity contribution in [2.45, 2.75) is 13.2 Å². The molecule has 0 saturated heterocycles. The molecule has 0 aliphatic carbocycles. The van der Waals surface area contributed by atoms with E-state index in [1.165, 1.54) is 18.2 Å². The van der Waals surface area contributed by atoms with Gasteiger partial charge in [0, 0.05) is 5.56 Å². The summed E-state index contributed by atoms with van der Waals surface area (Å²) in [5.74, 6) is 0.0142. The number of carbonyl (C=O) groups excluding carboxylic acids is 1. The zero-order valence-electron chi connectivity index (χ0n) is 10.5. The molecule has 3 nitrogen and oxygen atoms in total. The molecule has 0 aromatic heterocycles. The third-order valence-electron chi connectivity index (χ3n) is 2.56. The highest BCUT2D eigenvalue weighted by molar-refractivity contribution is 5.76. The lowest BCUT2D eigenvalue weighted by atomic mass is 10.2. The molecule has 2 aromatic carbocycles. The highest BCUT2D eigenvalue weighted by atomic mass is 19.3. The van der Waals surface area contributed by atoms with Crippen LogP contribution in [-0.2, 0) is 6.61 Å². The summed E-state index contributed by atoms with van der Waals surface area (Å²) in [5, 5.41) is 0. The van der Waals surface area contributed by atoms with E-state index in [4.69, 9.17) is 4.74 Å². The van der Waals surface area contributed by atoms with Gasteiger partial charge in [-0.3, -0.25) is 4.79 Å². The highest BCUT2D eigenvalue weighted by Crippen LogP contribution is 2.30. The Morgan fingerprint density at radius 1 is 1.05 bits per heavy atom. The fourth-order valence-corrected chi connectivity index (χ4v) is 1.64. The average molecular weight is 278 g/mol. The summed E-state index contributed by atoms with van der Waals surface area (Å²) in [7, 11) is 0. The van der Waals surface area contributed by atoms with Gasteiger partial charge in [0.05, 0.1) is 0 Å². The van der Waals surface area contributed by atoms with Crippen LogP contribution in [0.5, 0.6) is 11.5 Å². The number of rotatable bonds is 6. The van der Waals surface area contributed by atoms with Crippen molar-refractivity contribution in [3.63, 3.8) is 0 Å². The number of benzene rings is 2. The van der Waals surface area contributed by atoms with E-state index < -0.39 is 6.61 Å². The predicted molar refractivity (Wildman–Crippen MR) is 69.2 cm³/mol. The van der Waals surface area contributed by atoms with Gasteiger partial charge in [0.1, 0.15) is 12.9 Å². The first-order chi connectivity index (χ1) is 9.69. The minimum Gasteiger partial charge on any atom is -0.485 e. The molecule has 0 saturated carbocycles. The largest absolute Gasteiger partial charge is 0.485 e. The van der Waals surface area contributed by atoms with Gasteiger partial charge in [-0.1, -0.05) is 30.3 Å². The molecule has 0 bridgehead atoms. The van der Waals surface area contributed by atoms with Crippen LogP contribution in [0.25, 0.3) is 0 Å². The van der Waals surface area contributed by atoms with Crippen molar-refractivity contribution in [1.29, 1.82) is 0 Å². The van der Waals surface area contributed by atoms with Gasteiger partial charge in [0.2, 0.25) is 0 Å². The van der Waals surface area contributed by atoms with Crippen LogP contribution < -0.4 is 9.47 Å². The van der Waals surface area contributed by atoms with Crippen LogP contribution in [0.4, 0.5) is 8.78 Å². The molecule has 0 unspecified atom stereocenters. The van der Waals surface area contributed by atoms with Crippen molar-refractivity contribution in [3.05, 3.63) is 59.7 Å². The second kappa shape index (κ2) is 6.65. The Hall–Kier alpha value is -2.43. The van der Waals surface area contributed by atoms with E-state index in [2.05, 4.69) is 4.74 Å². The topological polar surface area (TPSA) is 35.5 Å². The SMILES string of the molecule is O=Cc1ccc(OC(F)F)c(OCc2ccccc2)c1. The van der Waals surface area contributed by atoms with Gasteiger partial charge in [-0.05, 0) is 23.8 Å². The number of carbonyl (C=O) groups is 1. The molecule has 0 amide bonds. The van der Waals surface area contributed by atoms with Crippen LogP contribution in [0, 0.1) is 0 Å². The first kappa shape index (κ1) is 14.0. The first-order valence-corrected chi connectivity index (χ1v) is 5.90. The summed E-state index contributed by atoms with van der Waals surface area (Å²) < 4.78 is 34.4. The molecule has 0 spiro atoms. The number of alkyl halides is 2. The van der Waals surface area contributed by atoms with Crippen LogP contribution in [0.2, 0.25) is 0 Å². The lowest BCUT2D eigenvalue weighted by molar-refractivity contribution is -0.0515. The smallest absolute Gasteiger partial charge is 0.387 e. The molecule has 20 heavy (non-hydrogen) atoms. The Morgan fingerprint density at radius 3 is 2.45 bits per heavy atom. The summed E-state index contributed by atoms with van der Waals surface area (Å²) in [6, 6.07) is 13.3. The van der Waals surface area contributed by atoms with E-state index in [-0.39, 0.29) is 18.1 Å². The summed E-state index contributed by atoms with van der Waals surface area (Å²) in [4.78, 5) is 10.7. The minimum absolute atomic E-state index is 0.0958. The number of ether oxygens (including phenoxy) is 2.